The number of likely N-dealkylation sites (tertiary alicyclic amines) is 1. The lowest BCUT2D eigenvalue weighted by atomic mass is 9.55. The molecule has 0 aromatic heterocycles. The zero-order valence-electron chi connectivity index (χ0n) is 18.1. The summed E-state index contributed by atoms with van der Waals surface area (Å²) < 4.78 is 23.0. The van der Waals surface area contributed by atoms with Crippen molar-refractivity contribution in [1.29, 1.82) is 0 Å². The summed E-state index contributed by atoms with van der Waals surface area (Å²) in [6, 6.07) is 3.13. The Kier molecular flexibility index (Phi) is 3.56. The van der Waals surface area contributed by atoms with E-state index in [1.807, 2.05) is 6.07 Å². The predicted octanol–water partition coefficient (Wildman–Crippen LogP) is 1.77. The summed E-state index contributed by atoms with van der Waals surface area (Å²) in [7, 11) is 0. The van der Waals surface area contributed by atoms with E-state index in [1.54, 1.807) is 17.9 Å². The molecule has 32 heavy (non-hydrogen) atoms. The van der Waals surface area contributed by atoms with Crippen molar-refractivity contribution in [2.75, 3.05) is 13.2 Å². The first-order valence-corrected chi connectivity index (χ1v) is 10.9. The molecule has 9 heteroatoms. The van der Waals surface area contributed by atoms with Gasteiger partial charge in [0.25, 0.3) is 0 Å². The number of hydrogen-bond acceptors (Lipinski definition) is 8. The van der Waals surface area contributed by atoms with Crippen LogP contribution >= 0.6 is 0 Å². The molecule has 168 valence electrons. The van der Waals surface area contributed by atoms with E-state index in [1.165, 1.54) is 13.8 Å². The smallest absolute Gasteiger partial charge is 0.410 e. The lowest BCUT2D eigenvalue weighted by Gasteiger charge is -2.61. The van der Waals surface area contributed by atoms with Crippen LogP contribution in [0.4, 0.5) is 4.79 Å². The summed E-state index contributed by atoms with van der Waals surface area (Å²) in [6.07, 6.45) is -0.338. The van der Waals surface area contributed by atoms with Gasteiger partial charge in [-0.05, 0) is 31.4 Å². The van der Waals surface area contributed by atoms with Crippen molar-refractivity contribution in [2.45, 2.75) is 68.6 Å². The standard InChI is InChI=1S/C23H23NO8/c1-4-29-20(28)24-10-21-9-22-16-13(21)5-6-15(30-11(2)25)17(16)31-18(22)14(27)7-8-23(22,19(21)24)32-12(3)26/h5-6,18-19H,4,7-10H2,1-3H3/t18?,19?,21?,22?,23-/m1/s1. The van der Waals surface area contributed by atoms with Crippen LogP contribution in [0.25, 0.3) is 0 Å². The zero-order chi connectivity index (χ0) is 22.6. The molecule has 1 aromatic rings. The van der Waals surface area contributed by atoms with Crippen molar-refractivity contribution >= 4 is 23.8 Å². The van der Waals surface area contributed by atoms with Crippen LogP contribution in [0.15, 0.2) is 12.1 Å². The van der Waals surface area contributed by atoms with Crippen LogP contribution in [0.5, 0.6) is 11.5 Å². The molecule has 2 spiro atoms. The van der Waals surface area contributed by atoms with Crippen molar-refractivity contribution in [3.63, 3.8) is 0 Å². The molecule has 1 aromatic carbocycles. The molecule has 5 atom stereocenters. The number of fused-ring (bicyclic) bond motifs is 1. The van der Waals surface area contributed by atoms with E-state index in [0.29, 0.717) is 25.1 Å². The summed E-state index contributed by atoms with van der Waals surface area (Å²) in [4.78, 5) is 51.6. The van der Waals surface area contributed by atoms with Gasteiger partial charge in [0.2, 0.25) is 0 Å². The van der Waals surface area contributed by atoms with Gasteiger partial charge in [0.05, 0.1) is 18.1 Å². The second kappa shape index (κ2) is 5.82. The van der Waals surface area contributed by atoms with Gasteiger partial charge >= 0.3 is 18.0 Å². The number of amides is 1. The van der Waals surface area contributed by atoms with Gasteiger partial charge in [-0.15, -0.1) is 0 Å². The molecular formula is C23H23NO8. The van der Waals surface area contributed by atoms with Crippen molar-refractivity contribution in [3.8, 4) is 11.5 Å². The van der Waals surface area contributed by atoms with Crippen LogP contribution in [0.3, 0.4) is 0 Å². The van der Waals surface area contributed by atoms with Gasteiger partial charge in [-0.25, -0.2) is 4.79 Å². The molecule has 0 N–H and O–H groups in total. The van der Waals surface area contributed by atoms with E-state index >= 15 is 0 Å². The Morgan fingerprint density at radius 1 is 1.22 bits per heavy atom. The Morgan fingerprint density at radius 2 is 2.00 bits per heavy atom. The average molecular weight is 441 g/mol. The third-order valence-corrected chi connectivity index (χ3v) is 7.98. The number of carbonyl (C=O) groups is 4. The summed E-state index contributed by atoms with van der Waals surface area (Å²) in [5.41, 5.74) is -0.770. The van der Waals surface area contributed by atoms with E-state index in [0.717, 1.165) is 11.1 Å². The third-order valence-electron chi connectivity index (χ3n) is 7.98. The van der Waals surface area contributed by atoms with E-state index in [-0.39, 0.29) is 24.6 Å². The van der Waals surface area contributed by atoms with Gasteiger partial charge in [-0.3, -0.25) is 19.3 Å². The second-order valence-corrected chi connectivity index (χ2v) is 9.39. The molecular weight excluding hydrogens is 418 g/mol. The molecule has 4 unspecified atom stereocenters. The van der Waals surface area contributed by atoms with E-state index < -0.39 is 46.6 Å². The number of rotatable bonds is 3. The number of Topliss-reactive ketones (excluding diaryl/α,β-unsaturated/α-hetero) is 1. The van der Waals surface area contributed by atoms with Gasteiger partial charge < -0.3 is 18.9 Å². The summed E-state index contributed by atoms with van der Waals surface area (Å²) in [6.45, 7) is 5.03. The van der Waals surface area contributed by atoms with Gasteiger partial charge in [-0.2, -0.15) is 0 Å². The quantitative estimate of drug-likeness (QED) is 0.516. The molecule has 1 amide bonds. The normalized spacial score (nSPS) is 36.6. The Bertz CT molecular complexity index is 1130. The Labute approximate surface area is 183 Å². The fourth-order valence-electron chi connectivity index (χ4n) is 7.45. The molecule has 2 aliphatic heterocycles. The fraction of sp³-hybridized carbons (Fsp3) is 0.565. The summed E-state index contributed by atoms with van der Waals surface area (Å²) in [5.74, 6) is -0.418. The van der Waals surface area contributed by atoms with Gasteiger partial charge in [0.15, 0.2) is 23.4 Å². The summed E-state index contributed by atoms with van der Waals surface area (Å²) in [5, 5.41) is 0. The topological polar surface area (TPSA) is 108 Å². The summed E-state index contributed by atoms with van der Waals surface area (Å²) >= 11 is 0. The first-order valence-electron chi connectivity index (χ1n) is 10.9. The average Bonchev–Trinajstić information content (AvgIpc) is 3.26. The zero-order valence-corrected chi connectivity index (χ0v) is 18.1. The van der Waals surface area contributed by atoms with E-state index in [2.05, 4.69) is 0 Å². The first kappa shape index (κ1) is 19.6. The molecule has 1 saturated heterocycles. The van der Waals surface area contributed by atoms with Crippen LogP contribution in [0, 0.1) is 0 Å². The number of nitrogens with zero attached hydrogens (tertiary/aromatic N) is 1. The largest absolute Gasteiger partial charge is 0.477 e. The van der Waals surface area contributed by atoms with Crippen LogP contribution in [-0.2, 0) is 34.7 Å². The molecule has 3 fully saturated rings. The number of carbonyl (C=O) groups excluding carboxylic acids is 4. The van der Waals surface area contributed by atoms with Gasteiger partial charge in [0.1, 0.15) is 5.60 Å². The number of hydrogen-bond donors (Lipinski definition) is 0. The third kappa shape index (κ3) is 1.88. The first-order chi connectivity index (χ1) is 15.2. The minimum absolute atomic E-state index is 0.0789. The molecule has 2 heterocycles. The van der Waals surface area contributed by atoms with Crippen LogP contribution in [0.1, 0.15) is 51.2 Å². The SMILES string of the molecule is CCOC(=O)N1CC23CC45c6c2ccc(OC(C)=O)c6OC4C(=O)CC[C@@]5(OC(C)=O)C13. The Morgan fingerprint density at radius 3 is 2.69 bits per heavy atom. The maximum atomic E-state index is 13.1. The number of esters is 2. The molecule has 6 rings (SSSR count). The predicted molar refractivity (Wildman–Crippen MR) is 106 cm³/mol. The Hall–Kier alpha value is -3.10. The fourth-order valence-corrected chi connectivity index (χ4v) is 7.45. The lowest BCUT2D eigenvalue weighted by Crippen LogP contribution is -2.77. The van der Waals surface area contributed by atoms with Crippen molar-refractivity contribution < 1.29 is 38.1 Å². The van der Waals surface area contributed by atoms with E-state index in [4.69, 9.17) is 18.9 Å². The highest BCUT2D eigenvalue weighted by Crippen LogP contribution is 2.78. The monoisotopic (exact) mass is 441 g/mol. The van der Waals surface area contributed by atoms with Gasteiger partial charge in [-0.1, -0.05) is 6.07 Å². The highest BCUT2D eigenvalue weighted by atomic mass is 16.6. The van der Waals surface area contributed by atoms with Crippen LogP contribution in [-0.4, -0.2) is 59.6 Å². The van der Waals surface area contributed by atoms with E-state index in [9.17, 15) is 19.2 Å². The maximum Gasteiger partial charge on any atom is 0.410 e. The number of ether oxygens (including phenoxy) is 4. The van der Waals surface area contributed by atoms with Crippen LogP contribution in [0.2, 0.25) is 0 Å². The van der Waals surface area contributed by atoms with Gasteiger partial charge in [0, 0.05) is 37.8 Å². The number of benzene rings is 1. The molecule has 3 aliphatic carbocycles. The minimum atomic E-state index is -1.12. The molecule has 5 aliphatic rings. The second-order valence-electron chi connectivity index (χ2n) is 9.39. The highest BCUT2D eigenvalue weighted by Gasteiger charge is 2.89. The Balaban J connectivity index is 1.61. The maximum absolute atomic E-state index is 13.1. The van der Waals surface area contributed by atoms with Crippen molar-refractivity contribution in [3.05, 3.63) is 23.3 Å². The lowest BCUT2D eigenvalue weighted by molar-refractivity contribution is -0.196. The molecule has 2 saturated carbocycles. The van der Waals surface area contributed by atoms with Crippen molar-refractivity contribution in [1.82, 2.24) is 4.90 Å². The molecule has 0 radical (unpaired) electrons. The number of ketones is 1. The highest BCUT2D eigenvalue weighted by molar-refractivity contribution is 5.93. The van der Waals surface area contributed by atoms with Crippen LogP contribution < -0.4 is 9.47 Å². The molecule has 9 nitrogen and oxygen atoms in total. The minimum Gasteiger partial charge on any atom is -0.477 e. The van der Waals surface area contributed by atoms with Crippen molar-refractivity contribution in [2.24, 2.45) is 0 Å². The molecule has 2 bridgehead atoms.